The second-order valence-electron chi connectivity index (χ2n) is 9.26. The van der Waals surface area contributed by atoms with Crippen LogP contribution >= 0.6 is 0 Å². The van der Waals surface area contributed by atoms with Crippen LogP contribution in [0, 0.1) is 5.82 Å². The summed E-state index contributed by atoms with van der Waals surface area (Å²) in [6, 6.07) is 7.21. The van der Waals surface area contributed by atoms with Crippen molar-refractivity contribution in [2.45, 2.75) is 51.4 Å². The number of halogens is 4. The molecule has 1 aliphatic heterocycles. The monoisotopic (exact) mass is 483 g/mol. The highest BCUT2D eigenvalue weighted by molar-refractivity contribution is 5.76. The van der Waals surface area contributed by atoms with Crippen molar-refractivity contribution < 1.29 is 31.8 Å². The predicted octanol–water partition coefficient (Wildman–Crippen LogP) is 6.05. The Morgan fingerprint density at radius 3 is 2.44 bits per heavy atom. The van der Waals surface area contributed by atoms with Crippen LogP contribution in [0.5, 0.6) is 11.5 Å². The zero-order chi connectivity index (χ0) is 25.3. The first-order chi connectivity index (χ1) is 15.8. The van der Waals surface area contributed by atoms with Gasteiger partial charge in [-0.2, -0.15) is 13.2 Å². The molecular weight excluding hydrogens is 454 g/mol. The van der Waals surface area contributed by atoms with E-state index in [-0.39, 0.29) is 29.7 Å². The summed E-state index contributed by atoms with van der Waals surface area (Å²) in [6.45, 7) is 5.79. The number of para-hydroxylation sites is 1. The zero-order valence-corrected chi connectivity index (χ0v) is 19.6. The molecule has 0 radical (unpaired) electrons. The van der Waals surface area contributed by atoms with E-state index in [4.69, 9.17) is 15.2 Å². The van der Waals surface area contributed by atoms with Crippen LogP contribution in [0.25, 0.3) is 0 Å². The molecular formula is C24H29F4N3O3. The van der Waals surface area contributed by atoms with Crippen LogP contribution in [0.4, 0.5) is 33.7 Å². The number of nitrogens with zero attached hydrogens (tertiary/aromatic N) is 2. The highest BCUT2D eigenvalue weighted by Gasteiger charge is 2.41. The number of hydrogen-bond donors (Lipinski definition) is 1. The lowest BCUT2D eigenvalue weighted by molar-refractivity contribution is -0.138. The molecule has 0 bridgehead atoms. The van der Waals surface area contributed by atoms with Crippen LogP contribution < -0.4 is 15.4 Å². The molecule has 186 valence electrons. The Morgan fingerprint density at radius 1 is 1.15 bits per heavy atom. The third-order valence-corrected chi connectivity index (χ3v) is 5.38. The molecule has 0 saturated carbocycles. The number of likely N-dealkylation sites (tertiary alicyclic amines) is 1. The molecule has 2 N–H and O–H groups in total. The van der Waals surface area contributed by atoms with Gasteiger partial charge in [0.25, 0.3) is 0 Å². The van der Waals surface area contributed by atoms with Gasteiger partial charge < -0.3 is 25.0 Å². The van der Waals surface area contributed by atoms with Crippen molar-refractivity contribution in [3.63, 3.8) is 0 Å². The molecule has 1 atom stereocenters. The van der Waals surface area contributed by atoms with Crippen molar-refractivity contribution in [2.24, 2.45) is 0 Å². The summed E-state index contributed by atoms with van der Waals surface area (Å²) in [7, 11) is 1.47. The summed E-state index contributed by atoms with van der Waals surface area (Å²) in [6.07, 6.45) is -4.03. The Bertz CT molecular complexity index is 1040. The SMILES string of the molecule is CN(CC1CCCN1C(=O)OC(C)(C)C)c1c(N)ccc(Oc2ccccc2F)c1C(F)(F)F. The van der Waals surface area contributed by atoms with Crippen LogP contribution in [0.1, 0.15) is 39.2 Å². The maximum absolute atomic E-state index is 14.2. The number of ether oxygens (including phenoxy) is 2. The van der Waals surface area contributed by atoms with Crippen molar-refractivity contribution in [3.05, 3.63) is 47.8 Å². The molecule has 6 nitrogen and oxygen atoms in total. The summed E-state index contributed by atoms with van der Waals surface area (Å²) in [5, 5.41) is 0. The van der Waals surface area contributed by atoms with E-state index < -0.39 is 35.0 Å². The molecule has 1 aliphatic rings. The molecule has 1 unspecified atom stereocenters. The number of alkyl halides is 3. The minimum atomic E-state index is -4.83. The van der Waals surface area contributed by atoms with E-state index in [1.165, 1.54) is 41.1 Å². The van der Waals surface area contributed by atoms with Crippen LogP contribution in [0.15, 0.2) is 36.4 Å². The minimum absolute atomic E-state index is 0.0929. The van der Waals surface area contributed by atoms with Crippen LogP contribution in [-0.4, -0.2) is 42.8 Å². The summed E-state index contributed by atoms with van der Waals surface area (Å²) >= 11 is 0. The first-order valence-corrected chi connectivity index (χ1v) is 10.9. The van der Waals surface area contributed by atoms with E-state index in [1.807, 2.05) is 0 Å². The van der Waals surface area contributed by atoms with Crippen LogP contribution in [0.2, 0.25) is 0 Å². The maximum atomic E-state index is 14.2. The van der Waals surface area contributed by atoms with Gasteiger partial charge >= 0.3 is 12.3 Å². The smallest absolute Gasteiger partial charge is 0.422 e. The Morgan fingerprint density at radius 2 is 1.82 bits per heavy atom. The van der Waals surface area contributed by atoms with E-state index in [2.05, 4.69) is 0 Å². The Hall–Kier alpha value is -3.17. The fourth-order valence-electron chi connectivity index (χ4n) is 4.00. The lowest BCUT2D eigenvalue weighted by Crippen LogP contribution is -2.45. The molecule has 1 heterocycles. The second kappa shape index (κ2) is 9.60. The Labute approximate surface area is 196 Å². The average molecular weight is 484 g/mol. The van der Waals surface area contributed by atoms with E-state index in [0.29, 0.717) is 19.4 Å². The summed E-state index contributed by atoms with van der Waals surface area (Å²) in [5.74, 6) is -1.69. The number of nitrogen functional groups attached to an aromatic ring is 1. The standard InChI is InChI=1S/C24H29F4N3O3/c1-23(2,3)34-22(32)31-13-7-8-15(31)14-30(4)21-17(29)11-12-19(20(21)24(26,27)28)33-18-10-6-5-9-16(18)25/h5-6,9-12,15H,7-8,13-14,29H2,1-4H3. The van der Waals surface area contributed by atoms with Gasteiger partial charge in [0.05, 0.1) is 17.4 Å². The van der Waals surface area contributed by atoms with Crippen LogP contribution in [0.3, 0.4) is 0 Å². The highest BCUT2D eigenvalue weighted by atomic mass is 19.4. The number of anilines is 2. The molecule has 10 heteroatoms. The topological polar surface area (TPSA) is 68.0 Å². The Balaban J connectivity index is 1.93. The number of amides is 1. The van der Waals surface area contributed by atoms with Gasteiger partial charge in [0.2, 0.25) is 0 Å². The quantitative estimate of drug-likeness (QED) is 0.414. The van der Waals surface area contributed by atoms with Crippen molar-refractivity contribution in [1.29, 1.82) is 0 Å². The number of likely N-dealkylation sites (N-methyl/N-ethyl adjacent to an activating group) is 1. The number of rotatable bonds is 5. The number of nitrogens with two attached hydrogens (primary N) is 1. The summed E-state index contributed by atoms with van der Waals surface area (Å²) in [4.78, 5) is 15.5. The lowest BCUT2D eigenvalue weighted by atomic mass is 10.1. The third-order valence-electron chi connectivity index (χ3n) is 5.38. The van der Waals surface area contributed by atoms with Crippen molar-refractivity contribution in [1.82, 2.24) is 4.90 Å². The van der Waals surface area contributed by atoms with Gasteiger partial charge in [-0.15, -0.1) is 0 Å². The largest absolute Gasteiger partial charge is 0.454 e. The third kappa shape index (κ3) is 5.84. The molecule has 0 aromatic heterocycles. The second-order valence-corrected chi connectivity index (χ2v) is 9.26. The van der Waals surface area contributed by atoms with Gasteiger partial charge in [-0.1, -0.05) is 12.1 Å². The average Bonchev–Trinajstić information content (AvgIpc) is 3.16. The number of hydrogen-bond acceptors (Lipinski definition) is 5. The molecule has 1 fully saturated rings. The number of benzene rings is 2. The fourth-order valence-corrected chi connectivity index (χ4v) is 4.00. The molecule has 34 heavy (non-hydrogen) atoms. The fraction of sp³-hybridized carbons (Fsp3) is 0.458. The van der Waals surface area contributed by atoms with Gasteiger partial charge in [0.1, 0.15) is 16.9 Å². The number of carbonyl (C=O) groups excluding carboxylic acids is 1. The first-order valence-electron chi connectivity index (χ1n) is 10.9. The summed E-state index contributed by atoms with van der Waals surface area (Å²) < 4.78 is 67.5. The van der Waals surface area contributed by atoms with Crippen molar-refractivity contribution in [3.8, 4) is 11.5 Å². The minimum Gasteiger partial charge on any atom is -0.454 e. The van der Waals surface area contributed by atoms with Crippen LogP contribution in [-0.2, 0) is 10.9 Å². The lowest BCUT2D eigenvalue weighted by Gasteiger charge is -2.33. The highest BCUT2D eigenvalue weighted by Crippen LogP contribution is 2.47. The van der Waals surface area contributed by atoms with Crippen molar-refractivity contribution in [2.75, 3.05) is 30.8 Å². The van der Waals surface area contributed by atoms with Gasteiger partial charge in [-0.05, 0) is 57.9 Å². The molecule has 0 aliphatic carbocycles. The molecule has 2 aromatic carbocycles. The van der Waals surface area contributed by atoms with E-state index in [0.717, 1.165) is 12.1 Å². The van der Waals surface area contributed by atoms with Gasteiger partial charge in [0, 0.05) is 20.1 Å². The zero-order valence-electron chi connectivity index (χ0n) is 19.6. The molecule has 2 aromatic rings. The molecule has 0 spiro atoms. The maximum Gasteiger partial charge on any atom is 0.422 e. The predicted molar refractivity (Wildman–Crippen MR) is 122 cm³/mol. The molecule has 3 rings (SSSR count). The normalized spacial score (nSPS) is 16.5. The van der Waals surface area contributed by atoms with E-state index >= 15 is 0 Å². The first kappa shape index (κ1) is 25.5. The van der Waals surface area contributed by atoms with Crippen molar-refractivity contribution >= 4 is 17.5 Å². The Kier molecular flexibility index (Phi) is 7.18. The van der Waals surface area contributed by atoms with Gasteiger partial charge in [0.15, 0.2) is 11.6 Å². The number of carbonyl (C=O) groups is 1. The van der Waals surface area contributed by atoms with E-state index in [1.54, 1.807) is 20.8 Å². The molecule has 1 amide bonds. The van der Waals surface area contributed by atoms with Gasteiger partial charge in [-0.3, -0.25) is 0 Å². The van der Waals surface area contributed by atoms with E-state index in [9.17, 15) is 22.4 Å². The molecule has 1 saturated heterocycles. The van der Waals surface area contributed by atoms with Gasteiger partial charge in [-0.25, -0.2) is 9.18 Å². The summed E-state index contributed by atoms with van der Waals surface area (Å²) in [5.41, 5.74) is 3.78.